The van der Waals surface area contributed by atoms with E-state index >= 15 is 0 Å². The van der Waals surface area contributed by atoms with Crippen LogP contribution in [-0.2, 0) is 13.2 Å². The third-order valence-electron chi connectivity index (χ3n) is 3.14. The first-order valence-corrected chi connectivity index (χ1v) is 7.79. The molecule has 2 aromatic rings. The van der Waals surface area contributed by atoms with E-state index in [4.69, 9.17) is 16.3 Å². The summed E-state index contributed by atoms with van der Waals surface area (Å²) in [6.45, 7) is 1.46. The molecular formula is C15H16ClNOS. The Labute approximate surface area is 122 Å². The van der Waals surface area contributed by atoms with Gasteiger partial charge in [0.2, 0.25) is 0 Å². The second-order valence-electron chi connectivity index (χ2n) is 4.84. The van der Waals surface area contributed by atoms with Crippen LogP contribution in [0.15, 0.2) is 35.0 Å². The minimum Gasteiger partial charge on any atom is -0.487 e. The standard InChI is InChI=1S/C15H16ClNOS/c16-14-7-11(8-17-13-2-3-13)1-4-15(14)18-9-12-5-6-19-10-12/h1,4-7,10,13,17H,2-3,8-9H2. The molecular weight excluding hydrogens is 278 g/mol. The number of ether oxygens (including phenoxy) is 1. The van der Waals surface area contributed by atoms with Crippen molar-refractivity contribution in [3.05, 3.63) is 51.2 Å². The first kappa shape index (κ1) is 13.0. The van der Waals surface area contributed by atoms with Gasteiger partial charge in [0.25, 0.3) is 0 Å². The second-order valence-corrected chi connectivity index (χ2v) is 6.03. The van der Waals surface area contributed by atoms with E-state index in [1.807, 2.05) is 17.5 Å². The molecule has 0 amide bonds. The van der Waals surface area contributed by atoms with E-state index in [0.29, 0.717) is 17.7 Å². The Kier molecular flexibility index (Phi) is 4.06. The molecule has 0 atom stereocenters. The van der Waals surface area contributed by atoms with Gasteiger partial charge in [0.05, 0.1) is 5.02 Å². The first-order chi connectivity index (χ1) is 9.31. The van der Waals surface area contributed by atoms with Crippen LogP contribution in [0.5, 0.6) is 5.75 Å². The zero-order chi connectivity index (χ0) is 13.1. The molecule has 0 spiro atoms. The van der Waals surface area contributed by atoms with E-state index < -0.39 is 0 Å². The largest absolute Gasteiger partial charge is 0.487 e. The fourth-order valence-electron chi connectivity index (χ4n) is 1.86. The molecule has 1 aromatic carbocycles. The highest BCUT2D eigenvalue weighted by Crippen LogP contribution is 2.27. The number of rotatable bonds is 6. The normalized spacial score (nSPS) is 14.6. The van der Waals surface area contributed by atoms with E-state index in [1.54, 1.807) is 11.3 Å². The topological polar surface area (TPSA) is 21.3 Å². The van der Waals surface area contributed by atoms with Gasteiger partial charge in [-0.15, -0.1) is 0 Å². The predicted octanol–water partition coefficient (Wildman–Crippen LogP) is 4.23. The van der Waals surface area contributed by atoms with Crippen molar-refractivity contribution in [2.45, 2.75) is 32.0 Å². The van der Waals surface area contributed by atoms with Crippen LogP contribution in [0.4, 0.5) is 0 Å². The molecule has 1 heterocycles. The van der Waals surface area contributed by atoms with Crippen molar-refractivity contribution >= 4 is 22.9 Å². The molecule has 19 heavy (non-hydrogen) atoms. The molecule has 0 bridgehead atoms. The Morgan fingerprint density at radius 3 is 2.84 bits per heavy atom. The van der Waals surface area contributed by atoms with Crippen LogP contribution < -0.4 is 10.1 Å². The van der Waals surface area contributed by atoms with E-state index in [1.165, 1.54) is 24.0 Å². The van der Waals surface area contributed by atoms with Gasteiger partial charge in [-0.05, 0) is 52.9 Å². The molecule has 100 valence electrons. The Morgan fingerprint density at radius 2 is 2.16 bits per heavy atom. The van der Waals surface area contributed by atoms with Crippen molar-refractivity contribution in [2.75, 3.05) is 0 Å². The van der Waals surface area contributed by atoms with E-state index in [9.17, 15) is 0 Å². The van der Waals surface area contributed by atoms with Crippen LogP contribution in [0, 0.1) is 0 Å². The van der Waals surface area contributed by atoms with Gasteiger partial charge >= 0.3 is 0 Å². The highest BCUT2D eigenvalue weighted by molar-refractivity contribution is 7.07. The van der Waals surface area contributed by atoms with Crippen LogP contribution in [-0.4, -0.2) is 6.04 Å². The van der Waals surface area contributed by atoms with Gasteiger partial charge in [0.15, 0.2) is 0 Å². The van der Waals surface area contributed by atoms with Crippen molar-refractivity contribution in [3.63, 3.8) is 0 Å². The maximum absolute atomic E-state index is 6.25. The number of benzene rings is 1. The summed E-state index contributed by atoms with van der Waals surface area (Å²) in [4.78, 5) is 0. The number of hydrogen-bond acceptors (Lipinski definition) is 3. The van der Waals surface area contributed by atoms with E-state index in [-0.39, 0.29) is 0 Å². The van der Waals surface area contributed by atoms with Gasteiger partial charge in [-0.2, -0.15) is 11.3 Å². The van der Waals surface area contributed by atoms with Gasteiger partial charge in [0, 0.05) is 12.6 Å². The average molecular weight is 294 g/mol. The van der Waals surface area contributed by atoms with Crippen LogP contribution in [0.3, 0.4) is 0 Å². The van der Waals surface area contributed by atoms with E-state index in [0.717, 1.165) is 12.3 Å². The Balaban J connectivity index is 1.58. The molecule has 3 rings (SSSR count). The lowest BCUT2D eigenvalue weighted by Gasteiger charge is -2.09. The number of halogens is 1. The monoisotopic (exact) mass is 293 g/mol. The number of thiophene rings is 1. The third-order valence-corrected chi connectivity index (χ3v) is 4.17. The van der Waals surface area contributed by atoms with Crippen molar-refractivity contribution in [2.24, 2.45) is 0 Å². The van der Waals surface area contributed by atoms with Crippen molar-refractivity contribution in [3.8, 4) is 5.75 Å². The maximum atomic E-state index is 6.25. The zero-order valence-corrected chi connectivity index (χ0v) is 12.1. The zero-order valence-electron chi connectivity index (χ0n) is 10.6. The predicted molar refractivity (Wildman–Crippen MR) is 80.0 cm³/mol. The SMILES string of the molecule is Clc1cc(CNC2CC2)ccc1OCc1ccsc1. The summed E-state index contributed by atoms with van der Waals surface area (Å²) in [5.41, 5.74) is 2.39. The van der Waals surface area contributed by atoms with Crippen molar-refractivity contribution < 1.29 is 4.74 Å². The molecule has 4 heteroatoms. The molecule has 0 radical (unpaired) electrons. The van der Waals surface area contributed by atoms with Crippen molar-refractivity contribution in [1.82, 2.24) is 5.32 Å². The molecule has 1 fully saturated rings. The minimum absolute atomic E-state index is 0.572. The first-order valence-electron chi connectivity index (χ1n) is 6.47. The van der Waals surface area contributed by atoms with Gasteiger partial charge in [-0.25, -0.2) is 0 Å². The lowest BCUT2D eigenvalue weighted by atomic mass is 10.2. The quantitative estimate of drug-likeness (QED) is 0.860. The fourth-order valence-corrected chi connectivity index (χ4v) is 2.77. The van der Waals surface area contributed by atoms with Gasteiger partial charge in [-0.3, -0.25) is 0 Å². The van der Waals surface area contributed by atoms with Crippen molar-refractivity contribution in [1.29, 1.82) is 0 Å². The lowest BCUT2D eigenvalue weighted by Crippen LogP contribution is -2.15. The van der Waals surface area contributed by atoms with Gasteiger partial charge in [-0.1, -0.05) is 17.7 Å². The third kappa shape index (κ3) is 3.72. The summed E-state index contributed by atoms with van der Waals surface area (Å²) in [5, 5.41) is 8.30. The van der Waals surface area contributed by atoms with Crippen LogP contribution in [0.2, 0.25) is 5.02 Å². The van der Waals surface area contributed by atoms with Crippen LogP contribution in [0.25, 0.3) is 0 Å². The summed E-state index contributed by atoms with van der Waals surface area (Å²) < 4.78 is 5.73. The maximum Gasteiger partial charge on any atom is 0.138 e. The Hall–Kier alpha value is -1.03. The second kappa shape index (κ2) is 5.95. The minimum atomic E-state index is 0.572. The van der Waals surface area contributed by atoms with Crippen LogP contribution in [0.1, 0.15) is 24.0 Å². The highest BCUT2D eigenvalue weighted by atomic mass is 35.5. The Bertz CT molecular complexity index is 537. The highest BCUT2D eigenvalue weighted by Gasteiger charge is 2.20. The summed E-state index contributed by atoms with van der Waals surface area (Å²) in [7, 11) is 0. The molecule has 0 saturated heterocycles. The van der Waals surface area contributed by atoms with Gasteiger partial charge < -0.3 is 10.1 Å². The molecule has 1 saturated carbocycles. The fraction of sp³-hybridized carbons (Fsp3) is 0.333. The van der Waals surface area contributed by atoms with Gasteiger partial charge in [0.1, 0.15) is 12.4 Å². The summed E-state index contributed by atoms with van der Waals surface area (Å²) in [5.74, 6) is 0.753. The lowest BCUT2D eigenvalue weighted by molar-refractivity contribution is 0.307. The molecule has 0 aliphatic heterocycles. The molecule has 1 N–H and O–H groups in total. The molecule has 1 aromatic heterocycles. The summed E-state index contributed by atoms with van der Waals surface area (Å²) in [6.07, 6.45) is 2.60. The molecule has 2 nitrogen and oxygen atoms in total. The number of nitrogens with one attached hydrogen (secondary N) is 1. The summed E-state index contributed by atoms with van der Waals surface area (Å²) in [6, 6.07) is 8.79. The number of hydrogen-bond donors (Lipinski definition) is 1. The average Bonchev–Trinajstić information content (AvgIpc) is 3.10. The molecule has 1 aliphatic rings. The summed E-state index contributed by atoms with van der Waals surface area (Å²) >= 11 is 7.93. The molecule has 1 aliphatic carbocycles. The molecule has 0 unspecified atom stereocenters. The Morgan fingerprint density at radius 1 is 1.26 bits per heavy atom. The van der Waals surface area contributed by atoms with E-state index in [2.05, 4.69) is 22.8 Å². The smallest absolute Gasteiger partial charge is 0.138 e. The van der Waals surface area contributed by atoms with Crippen LogP contribution >= 0.6 is 22.9 Å².